The number of hydrogen-bond donors (Lipinski definition) is 0. The second-order valence-corrected chi connectivity index (χ2v) is 5.48. The highest BCUT2D eigenvalue weighted by molar-refractivity contribution is 5.80. The molecule has 3 aromatic heterocycles. The van der Waals surface area contributed by atoms with Crippen molar-refractivity contribution in [2.75, 3.05) is 7.11 Å². The Hall–Kier alpha value is -2.36. The molecule has 0 N–H and O–H groups in total. The van der Waals surface area contributed by atoms with Crippen molar-refractivity contribution < 1.29 is 4.74 Å². The maximum absolute atomic E-state index is 5.46. The predicted octanol–water partition coefficient (Wildman–Crippen LogP) is 3.77. The van der Waals surface area contributed by atoms with Crippen LogP contribution in [0.25, 0.3) is 22.3 Å². The zero-order valence-electron chi connectivity index (χ0n) is 12.8. The summed E-state index contributed by atoms with van der Waals surface area (Å²) in [5.74, 6) is 0.999. The third-order valence-electron chi connectivity index (χ3n) is 3.66. The first-order valence-electron chi connectivity index (χ1n) is 7.07. The van der Waals surface area contributed by atoms with E-state index in [2.05, 4.69) is 31.0 Å². The molecule has 0 bridgehead atoms. The fourth-order valence-electron chi connectivity index (χ4n) is 2.41. The maximum atomic E-state index is 5.46. The smallest absolute Gasteiger partial charge is 0.222 e. The maximum Gasteiger partial charge on any atom is 0.222 e. The monoisotopic (exact) mass is 281 g/mol. The Morgan fingerprint density at radius 2 is 1.86 bits per heavy atom. The summed E-state index contributed by atoms with van der Waals surface area (Å²) in [4.78, 5) is 9.32. The van der Waals surface area contributed by atoms with Crippen molar-refractivity contribution in [3.05, 3.63) is 42.2 Å². The van der Waals surface area contributed by atoms with Crippen molar-refractivity contribution in [3.63, 3.8) is 0 Å². The average Bonchev–Trinajstić information content (AvgIpc) is 2.87. The van der Waals surface area contributed by atoms with Gasteiger partial charge in [0.05, 0.1) is 18.4 Å². The fourth-order valence-corrected chi connectivity index (χ4v) is 2.41. The van der Waals surface area contributed by atoms with Gasteiger partial charge in [-0.25, -0.2) is 9.97 Å². The van der Waals surface area contributed by atoms with Crippen molar-refractivity contribution in [2.45, 2.75) is 19.8 Å². The summed E-state index contributed by atoms with van der Waals surface area (Å²) >= 11 is 0. The largest absolute Gasteiger partial charge is 0.480 e. The van der Waals surface area contributed by atoms with E-state index in [9.17, 15) is 0 Å². The van der Waals surface area contributed by atoms with Crippen molar-refractivity contribution in [2.24, 2.45) is 7.05 Å². The van der Waals surface area contributed by atoms with Gasteiger partial charge in [0.15, 0.2) is 0 Å². The first kappa shape index (κ1) is 13.6. The van der Waals surface area contributed by atoms with Crippen LogP contribution in [0.1, 0.15) is 25.5 Å². The highest BCUT2D eigenvalue weighted by Crippen LogP contribution is 2.30. The zero-order valence-corrected chi connectivity index (χ0v) is 12.8. The Labute approximate surface area is 124 Å². The van der Waals surface area contributed by atoms with Crippen LogP contribution in [0.15, 0.2) is 36.5 Å². The van der Waals surface area contributed by atoms with Gasteiger partial charge >= 0.3 is 0 Å². The summed E-state index contributed by atoms with van der Waals surface area (Å²) < 4.78 is 7.47. The lowest BCUT2D eigenvalue weighted by molar-refractivity contribution is 0.397. The third kappa shape index (κ3) is 2.37. The van der Waals surface area contributed by atoms with Crippen LogP contribution >= 0.6 is 0 Å². The van der Waals surface area contributed by atoms with Crippen molar-refractivity contribution in [1.82, 2.24) is 14.5 Å². The first-order valence-corrected chi connectivity index (χ1v) is 7.07. The highest BCUT2D eigenvalue weighted by Gasteiger charge is 2.12. The SMILES string of the molecule is COc1nc(C(C)C)ccc1-c1ccc2ccn(C)c2n1. The van der Waals surface area contributed by atoms with Gasteiger partial charge in [0.2, 0.25) is 5.88 Å². The van der Waals surface area contributed by atoms with E-state index >= 15 is 0 Å². The molecule has 108 valence electrons. The van der Waals surface area contributed by atoms with Crippen LogP contribution < -0.4 is 4.74 Å². The van der Waals surface area contributed by atoms with E-state index in [4.69, 9.17) is 9.72 Å². The lowest BCUT2D eigenvalue weighted by Crippen LogP contribution is -1.99. The molecule has 0 saturated heterocycles. The summed E-state index contributed by atoms with van der Waals surface area (Å²) in [6, 6.07) is 10.2. The summed E-state index contributed by atoms with van der Waals surface area (Å²) in [6.45, 7) is 4.24. The molecule has 4 heteroatoms. The van der Waals surface area contributed by atoms with Crippen LogP contribution in [0.4, 0.5) is 0 Å². The Morgan fingerprint density at radius 1 is 1.05 bits per heavy atom. The Balaban J connectivity index is 2.14. The molecule has 0 unspecified atom stereocenters. The predicted molar refractivity (Wildman–Crippen MR) is 84.6 cm³/mol. The zero-order chi connectivity index (χ0) is 15.0. The average molecular weight is 281 g/mol. The van der Waals surface area contributed by atoms with Crippen molar-refractivity contribution in [3.8, 4) is 17.1 Å². The number of rotatable bonds is 3. The van der Waals surface area contributed by atoms with E-state index in [1.807, 2.05) is 36.0 Å². The molecule has 0 amide bonds. The number of pyridine rings is 2. The number of aromatic nitrogens is 3. The molecule has 3 aromatic rings. The van der Waals surface area contributed by atoms with Gasteiger partial charge in [-0.15, -0.1) is 0 Å². The van der Waals surface area contributed by atoms with Crippen LogP contribution in [0, 0.1) is 0 Å². The minimum absolute atomic E-state index is 0.372. The number of aryl methyl sites for hydroxylation is 1. The second-order valence-electron chi connectivity index (χ2n) is 5.48. The van der Waals surface area contributed by atoms with E-state index in [0.29, 0.717) is 11.8 Å². The molecule has 0 aliphatic heterocycles. The number of ether oxygens (including phenoxy) is 1. The molecule has 21 heavy (non-hydrogen) atoms. The van der Waals surface area contributed by atoms with Crippen LogP contribution in [0.3, 0.4) is 0 Å². The van der Waals surface area contributed by atoms with E-state index in [0.717, 1.165) is 28.0 Å². The Kier molecular flexibility index (Phi) is 3.37. The topological polar surface area (TPSA) is 39.9 Å². The molecule has 0 radical (unpaired) electrons. The van der Waals surface area contributed by atoms with E-state index in [1.54, 1.807) is 7.11 Å². The van der Waals surface area contributed by atoms with Gasteiger partial charge in [-0.3, -0.25) is 0 Å². The second kappa shape index (κ2) is 5.20. The van der Waals surface area contributed by atoms with E-state index < -0.39 is 0 Å². The molecule has 0 aliphatic rings. The summed E-state index contributed by atoms with van der Waals surface area (Å²) in [7, 11) is 3.65. The van der Waals surface area contributed by atoms with Gasteiger partial charge in [-0.2, -0.15) is 0 Å². The van der Waals surface area contributed by atoms with Crippen LogP contribution in [0.5, 0.6) is 5.88 Å². The molecule has 0 atom stereocenters. The standard InChI is InChI=1S/C17H19N3O/c1-11(2)14-8-6-13(17(19-14)21-4)15-7-5-12-9-10-20(3)16(12)18-15/h5-11H,1-4H3. The summed E-state index contributed by atoms with van der Waals surface area (Å²) in [5, 5.41) is 1.13. The molecule has 0 fully saturated rings. The quantitative estimate of drug-likeness (QED) is 0.733. The van der Waals surface area contributed by atoms with Gasteiger partial charge in [0.1, 0.15) is 5.65 Å². The number of nitrogens with zero attached hydrogens (tertiary/aromatic N) is 3. The van der Waals surface area contributed by atoms with Crippen LogP contribution in [-0.2, 0) is 7.05 Å². The van der Waals surface area contributed by atoms with Gasteiger partial charge in [-0.1, -0.05) is 13.8 Å². The van der Waals surface area contributed by atoms with Crippen molar-refractivity contribution >= 4 is 11.0 Å². The van der Waals surface area contributed by atoms with Crippen LogP contribution in [-0.4, -0.2) is 21.6 Å². The van der Waals surface area contributed by atoms with Gasteiger partial charge in [-0.05, 0) is 36.2 Å². The number of fused-ring (bicyclic) bond motifs is 1. The van der Waals surface area contributed by atoms with Crippen molar-refractivity contribution in [1.29, 1.82) is 0 Å². The molecule has 0 aliphatic carbocycles. The number of hydrogen-bond acceptors (Lipinski definition) is 3. The van der Waals surface area contributed by atoms with Crippen LogP contribution in [0.2, 0.25) is 0 Å². The third-order valence-corrected chi connectivity index (χ3v) is 3.66. The molecule has 3 heterocycles. The van der Waals surface area contributed by atoms with Gasteiger partial charge < -0.3 is 9.30 Å². The number of methoxy groups -OCH3 is 1. The molecule has 4 nitrogen and oxygen atoms in total. The molecular weight excluding hydrogens is 262 g/mol. The minimum Gasteiger partial charge on any atom is -0.480 e. The summed E-state index contributed by atoms with van der Waals surface area (Å²) in [5.41, 5.74) is 3.78. The Morgan fingerprint density at radius 3 is 2.57 bits per heavy atom. The first-order chi connectivity index (χ1) is 10.1. The Bertz CT molecular complexity index is 790. The van der Waals surface area contributed by atoms with Gasteiger partial charge in [0, 0.05) is 24.3 Å². The lowest BCUT2D eigenvalue weighted by atomic mass is 10.1. The minimum atomic E-state index is 0.372. The molecule has 0 saturated carbocycles. The molecular formula is C17H19N3O. The van der Waals surface area contributed by atoms with E-state index in [1.165, 1.54) is 0 Å². The molecule has 0 spiro atoms. The van der Waals surface area contributed by atoms with Gasteiger partial charge in [0.25, 0.3) is 0 Å². The molecule has 3 rings (SSSR count). The highest BCUT2D eigenvalue weighted by atomic mass is 16.5. The molecule has 0 aromatic carbocycles. The lowest BCUT2D eigenvalue weighted by Gasteiger charge is -2.11. The summed E-state index contributed by atoms with van der Waals surface area (Å²) in [6.07, 6.45) is 2.01. The fraction of sp³-hybridized carbons (Fsp3) is 0.294. The normalized spacial score (nSPS) is 11.3. The van der Waals surface area contributed by atoms with E-state index in [-0.39, 0.29) is 0 Å².